The van der Waals surface area contributed by atoms with Gasteiger partial charge in [-0.05, 0) is 36.8 Å². The van der Waals surface area contributed by atoms with Crippen molar-refractivity contribution in [2.24, 2.45) is 4.99 Å². The van der Waals surface area contributed by atoms with Crippen LogP contribution in [0.15, 0.2) is 35.5 Å². The Labute approximate surface area is 154 Å². The quantitative estimate of drug-likeness (QED) is 0.615. The van der Waals surface area contributed by atoms with Gasteiger partial charge in [0.25, 0.3) is 0 Å². The van der Waals surface area contributed by atoms with E-state index in [0.29, 0.717) is 5.92 Å². The van der Waals surface area contributed by atoms with Crippen molar-refractivity contribution in [3.63, 3.8) is 0 Å². The van der Waals surface area contributed by atoms with Gasteiger partial charge in [0, 0.05) is 43.5 Å². The molecule has 0 fully saturated rings. The first-order valence-electron chi connectivity index (χ1n) is 9.26. The number of aliphatic imine (C=N–C) groups is 1. The number of aryl methyl sites for hydroxylation is 2. The second kappa shape index (κ2) is 8.99. The van der Waals surface area contributed by atoms with Crippen molar-refractivity contribution < 1.29 is 0 Å². The molecule has 0 spiro atoms. The predicted molar refractivity (Wildman–Crippen MR) is 107 cm³/mol. The Bertz CT molecular complexity index is 707. The largest absolute Gasteiger partial charge is 0.356 e. The van der Waals surface area contributed by atoms with Crippen LogP contribution in [0.1, 0.15) is 46.7 Å². The highest BCUT2D eigenvalue weighted by Gasteiger charge is 2.19. The van der Waals surface area contributed by atoms with Gasteiger partial charge in [-0.1, -0.05) is 31.2 Å². The zero-order chi connectivity index (χ0) is 17.5. The van der Waals surface area contributed by atoms with E-state index in [4.69, 9.17) is 0 Å². The minimum atomic E-state index is 0.578. The van der Waals surface area contributed by atoms with Crippen molar-refractivity contribution in [3.05, 3.63) is 51.5 Å². The molecule has 5 heteroatoms. The first-order valence-corrected chi connectivity index (χ1v) is 10.1. The minimum absolute atomic E-state index is 0.578. The van der Waals surface area contributed by atoms with Crippen molar-refractivity contribution in [1.29, 1.82) is 0 Å². The zero-order valence-electron chi connectivity index (χ0n) is 15.2. The summed E-state index contributed by atoms with van der Waals surface area (Å²) < 4.78 is 0. The summed E-state index contributed by atoms with van der Waals surface area (Å²) in [6.45, 7) is 3.97. The van der Waals surface area contributed by atoms with Crippen molar-refractivity contribution in [1.82, 2.24) is 15.6 Å². The average molecular weight is 357 g/mol. The number of nitrogens with one attached hydrogen (secondary N) is 2. The Hall–Kier alpha value is -1.88. The van der Waals surface area contributed by atoms with E-state index in [1.54, 1.807) is 0 Å². The number of guanidine groups is 1. The Balaban J connectivity index is 1.47. The monoisotopic (exact) mass is 356 g/mol. The third-order valence-electron chi connectivity index (χ3n) is 4.81. The summed E-state index contributed by atoms with van der Waals surface area (Å²) in [7, 11) is 1.84. The van der Waals surface area contributed by atoms with Gasteiger partial charge in [-0.2, -0.15) is 0 Å². The Morgan fingerprint density at radius 1 is 1.32 bits per heavy atom. The number of nitrogens with zero attached hydrogens (tertiary/aromatic N) is 2. The molecule has 0 bridgehead atoms. The van der Waals surface area contributed by atoms with Crippen LogP contribution in [-0.4, -0.2) is 31.1 Å². The van der Waals surface area contributed by atoms with E-state index < -0.39 is 0 Å². The summed E-state index contributed by atoms with van der Waals surface area (Å²) in [4.78, 5) is 10.2. The molecule has 1 aliphatic rings. The van der Waals surface area contributed by atoms with Crippen LogP contribution in [0, 0.1) is 0 Å². The van der Waals surface area contributed by atoms with E-state index in [-0.39, 0.29) is 0 Å². The predicted octanol–water partition coefficient (Wildman–Crippen LogP) is 3.53. The van der Waals surface area contributed by atoms with Gasteiger partial charge < -0.3 is 10.6 Å². The van der Waals surface area contributed by atoms with Crippen LogP contribution < -0.4 is 10.6 Å². The van der Waals surface area contributed by atoms with Gasteiger partial charge in [0.2, 0.25) is 0 Å². The highest BCUT2D eigenvalue weighted by Crippen LogP contribution is 2.30. The van der Waals surface area contributed by atoms with Gasteiger partial charge in [0.05, 0.1) is 5.01 Å². The van der Waals surface area contributed by atoms with Gasteiger partial charge >= 0.3 is 0 Å². The standard InChI is InChI=1S/C20H28N4S/c1-3-17-14-23-19(25-17)11-12-22-20(21-2)24-13-16-9-6-8-15-7-4-5-10-18(15)16/h4-5,7,10,14,16H,3,6,8-9,11-13H2,1-2H3,(H2,21,22,24). The van der Waals surface area contributed by atoms with Crippen LogP contribution in [-0.2, 0) is 19.3 Å². The van der Waals surface area contributed by atoms with Gasteiger partial charge in [-0.3, -0.25) is 4.99 Å². The van der Waals surface area contributed by atoms with Gasteiger partial charge in [0.15, 0.2) is 5.96 Å². The van der Waals surface area contributed by atoms with Gasteiger partial charge in [-0.25, -0.2) is 4.98 Å². The number of aromatic nitrogens is 1. The molecule has 25 heavy (non-hydrogen) atoms. The van der Waals surface area contributed by atoms with Crippen LogP contribution in [0.3, 0.4) is 0 Å². The highest BCUT2D eigenvalue weighted by molar-refractivity contribution is 7.11. The SMILES string of the molecule is CCc1cnc(CCNC(=NC)NCC2CCCc3ccccc32)s1. The maximum Gasteiger partial charge on any atom is 0.191 e. The fourth-order valence-electron chi connectivity index (χ4n) is 3.42. The molecule has 134 valence electrons. The smallest absolute Gasteiger partial charge is 0.191 e. The molecule has 1 atom stereocenters. The maximum atomic E-state index is 4.47. The number of benzene rings is 1. The minimum Gasteiger partial charge on any atom is -0.356 e. The second-order valence-electron chi connectivity index (χ2n) is 6.49. The third-order valence-corrected chi connectivity index (χ3v) is 6.02. The Kier molecular flexibility index (Phi) is 6.45. The summed E-state index contributed by atoms with van der Waals surface area (Å²) in [5, 5.41) is 8.11. The van der Waals surface area contributed by atoms with E-state index in [0.717, 1.165) is 31.9 Å². The Morgan fingerprint density at radius 2 is 2.20 bits per heavy atom. The second-order valence-corrected chi connectivity index (χ2v) is 7.69. The van der Waals surface area contributed by atoms with Gasteiger partial charge in [-0.15, -0.1) is 11.3 Å². The van der Waals surface area contributed by atoms with Crippen LogP contribution in [0.2, 0.25) is 0 Å². The molecule has 2 N–H and O–H groups in total. The lowest BCUT2D eigenvalue weighted by Crippen LogP contribution is -2.40. The fraction of sp³-hybridized carbons (Fsp3) is 0.500. The number of fused-ring (bicyclic) bond motifs is 1. The van der Waals surface area contributed by atoms with E-state index in [1.807, 2.05) is 24.6 Å². The third kappa shape index (κ3) is 4.82. The molecule has 1 unspecified atom stereocenters. The molecule has 0 aliphatic heterocycles. The van der Waals surface area contributed by atoms with Crippen molar-refractivity contribution in [2.75, 3.05) is 20.1 Å². The molecule has 0 amide bonds. The highest BCUT2D eigenvalue weighted by atomic mass is 32.1. The normalized spacial score (nSPS) is 17.2. The Morgan fingerprint density at radius 3 is 3.00 bits per heavy atom. The fourth-order valence-corrected chi connectivity index (χ4v) is 4.28. The lowest BCUT2D eigenvalue weighted by Gasteiger charge is -2.26. The molecule has 0 saturated heterocycles. The molecule has 1 aromatic carbocycles. The van der Waals surface area contributed by atoms with Crippen LogP contribution in [0.5, 0.6) is 0 Å². The molecule has 3 rings (SSSR count). The zero-order valence-corrected chi connectivity index (χ0v) is 16.0. The van der Waals surface area contributed by atoms with Crippen molar-refractivity contribution in [3.8, 4) is 0 Å². The van der Waals surface area contributed by atoms with E-state index in [2.05, 4.69) is 51.8 Å². The summed E-state index contributed by atoms with van der Waals surface area (Å²) in [5.74, 6) is 1.46. The molecule has 0 radical (unpaired) electrons. The number of rotatable bonds is 6. The molecule has 2 aromatic rings. The number of hydrogen-bond donors (Lipinski definition) is 2. The molecule has 1 aromatic heterocycles. The number of hydrogen-bond acceptors (Lipinski definition) is 3. The average Bonchev–Trinajstić information content (AvgIpc) is 3.12. The summed E-state index contributed by atoms with van der Waals surface area (Å²) in [6.07, 6.45) is 7.74. The van der Waals surface area contributed by atoms with Crippen molar-refractivity contribution >= 4 is 17.3 Å². The van der Waals surface area contributed by atoms with Crippen molar-refractivity contribution in [2.45, 2.75) is 44.9 Å². The number of thiazole rings is 1. The molecular weight excluding hydrogens is 328 g/mol. The summed E-state index contributed by atoms with van der Waals surface area (Å²) >= 11 is 1.81. The van der Waals surface area contributed by atoms with Gasteiger partial charge in [0.1, 0.15) is 0 Å². The van der Waals surface area contributed by atoms with E-state index in [1.165, 1.54) is 40.3 Å². The lowest BCUT2D eigenvalue weighted by molar-refractivity contribution is 0.540. The first-order chi connectivity index (χ1) is 12.3. The molecule has 1 heterocycles. The molecule has 4 nitrogen and oxygen atoms in total. The summed E-state index contributed by atoms with van der Waals surface area (Å²) in [5.41, 5.74) is 3.02. The molecule has 1 aliphatic carbocycles. The van der Waals surface area contributed by atoms with Crippen LogP contribution in [0.25, 0.3) is 0 Å². The van der Waals surface area contributed by atoms with E-state index in [9.17, 15) is 0 Å². The lowest BCUT2D eigenvalue weighted by atomic mass is 9.83. The maximum absolute atomic E-state index is 4.47. The van der Waals surface area contributed by atoms with Crippen LogP contribution >= 0.6 is 11.3 Å². The molecule has 0 saturated carbocycles. The first kappa shape index (κ1) is 17.9. The summed E-state index contributed by atoms with van der Waals surface area (Å²) in [6, 6.07) is 8.86. The topological polar surface area (TPSA) is 49.3 Å². The molecular formula is C20H28N4S. The van der Waals surface area contributed by atoms with E-state index >= 15 is 0 Å². The van der Waals surface area contributed by atoms with Crippen LogP contribution in [0.4, 0.5) is 0 Å².